The molecule has 1 aromatic rings. The number of rotatable bonds is 5. The Kier molecular flexibility index (Phi) is 5.48. The maximum absolute atomic E-state index is 3.67. The molecule has 1 aromatic carbocycles. The predicted octanol–water partition coefficient (Wildman–Crippen LogP) is 5.26. The smallest absolute Gasteiger partial charge is 0.00251 e. The van der Waals surface area contributed by atoms with Gasteiger partial charge in [0.05, 0.1) is 0 Å². The highest BCUT2D eigenvalue weighted by Crippen LogP contribution is 2.37. The van der Waals surface area contributed by atoms with E-state index in [4.69, 9.17) is 0 Å². The molecule has 0 amide bonds. The predicted molar refractivity (Wildman–Crippen MR) is 93.0 cm³/mol. The van der Waals surface area contributed by atoms with E-state index in [0.717, 1.165) is 12.5 Å². The normalized spacial score (nSPS) is 18.4. The fourth-order valence-corrected chi connectivity index (χ4v) is 3.51. The average Bonchev–Trinajstić information content (AvgIpc) is 2.92. The van der Waals surface area contributed by atoms with E-state index >= 15 is 0 Å². The zero-order valence-electron chi connectivity index (χ0n) is 14.6. The van der Waals surface area contributed by atoms with Crippen LogP contribution in [0.15, 0.2) is 24.3 Å². The maximum atomic E-state index is 3.67. The molecule has 1 aliphatic rings. The number of hydrogen-bond donors (Lipinski definition) is 1. The van der Waals surface area contributed by atoms with Crippen molar-refractivity contribution in [2.75, 3.05) is 6.54 Å². The molecule has 0 radical (unpaired) electrons. The Labute approximate surface area is 131 Å². The molecule has 0 bridgehead atoms. The second-order valence-electron chi connectivity index (χ2n) is 8.09. The Morgan fingerprint density at radius 2 is 1.62 bits per heavy atom. The van der Waals surface area contributed by atoms with E-state index in [1.807, 2.05) is 0 Å². The lowest BCUT2D eigenvalue weighted by Gasteiger charge is -2.27. The van der Waals surface area contributed by atoms with Crippen LogP contribution < -0.4 is 5.32 Å². The van der Waals surface area contributed by atoms with Crippen LogP contribution in [0.1, 0.15) is 77.3 Å². The van der Waals surface area contributed by atoms with Crippen LogP contribution in [0, 0.1) is 5.92 Å². The summed E-state index contributed by atoms with van der Waals surface area (Å²) in [5.41, 5.74) is 3.22. The molecule has 0 aromatic heterocycles. The zero-order valence-corrected chi connectivity index (χ0v) is 14.6. The van der Waals surface area contributed by atoms with Crippen molar-refractivity contribution < 1.29 is 0 Å². The maximum Gasteiger partial charge on any atom is 0.00251 e. The second-order valence-corrected chi connectivity index (χ2v) is 8.09. The fraction of sp³-hybridized carbons (Fsp3) is 0.700. The highest BCUT2D eigenvalue weighted by Gasteiger charge is 2.26. The molecule has 1 fully saturated rings. The van der Waals surface area contributed by atoms with Crippen molar-refractivity contribution in [3.05, 3.63) is 35.4 Å². The van der Waals surface area contributed by atoms with Gasteiger partial charge in [-0.1, -0.05) is 71.7 Å². The third kappa shape index (κ3) is 4.57. The molecule has 118 valence electrons. The Hall–Kier alpha value is -0.820. The van der Waals surface area contributed by atoms with Gasteiger partial charge in [0.25, 0.3) is 0 Å². The first-order valence-electron chi connectivity index (χ1n) is 8.72. The molecule has 1 heteroatoms. The minimum Gasteiger partial charge on any atom is -0.314 e. The van der Waals surface area contributed by atoms with E-state index < -0.39 is 0 Å². The molecule has 1 nitrogen and oxygen atoms in total. The summed E-state index contributed by atoms with van der Waals surface area (Å²) < 4.78 is 0. The third-order valence-corrected chi connectivity index (χ3v) is 4.92. The molecule has 0 spiro atoms. The van der Waals surface area contributed by atoms with Gasteiger partial charge in [-0.05, 0) is 41.2 Å². The van der Waals surface area contributed by atoms with Gasteiger partial charge in [0.15, 0.2) is 0 Å². The number of nitrogens with one attached hydrogen (secondary N) is 1. The Bertz CT molecular complexity index is 418. The highest BCUT2D eigenvalue weighted by atomic mass is 14.9. The van der Waals surface area contributed by atoms with Gasteiger partial charge in [-0.15, -0.1) is 0 Å². The van der Waals surface area contributed by atoms with E-state index in [-0.39, 0.29) is 5.41 Å². The van der Waals surface area contributed by atoms with Gasteiger partial charge in [-0.2, -0.15) is 0 Å². The molecule has 21 heavy (non-hydrogen) atoms. The standard InChI is InChI=1S/C20H33N/c1-15(2)21-14-19(16-8-6-7-9-16)17-10-12-18(13-11-17)20(3,4)5/h10-13,15-16,19,21H,6-9,14H2,1-5H3. The summed E-state index contributed by atoms with van der Waals surface area (Å²) in [6.45, 7) is 12.5. The molecule has 0 saturated heterocycles. The molecule has 1 unspecified atom stereocenters. The minimum atomic E-state index is 0.248. The zero-order chi connectivity index (χ0) is 15.5. The van der Waals surface area contributed by atoms with Gasteiger partial charge in [-0.25, -0.2) is 0 Å². The van der Waals surface area contributed by atoms with Crippen molar-refractivity contribution in [1.82, 2.24) is 5.32 Å². The van der Waals surface area contributed by atoms with E-state index in [1.54, 1.807) is 0 Å². The number of hydrogen-bond acceptors (Lipinski definition) is 1. The molecule has 2 rings (SSSR count). The lowest BCUT2D eigenvalue weighted by atomic mass is 9.81. The van der Waals surface area contributed by atoms with Crippen molar-refractivity contribution in [2.24, 2.45) is 5.92 Å². The molecule has 1 atom stereocenters. The molecule has 0 heterocycles. The Morgan fingerprint density at radius 1 is 1.05 bits per heavy atom. The van der Waals surface area contributed by atoms with Crippen LogP contribution in [0.4, 0.5) is 0 Å². The van der Waals surface area contributed by atoms with E-state index in [1.165, 1.54) is 36.8 Å². The van der Waals surface area contributed by atoms with Crippen LogP contribution in [0.2, 0.25) is 0 Å². The van der Waals surface area contributed by atoms with Crippen LogP contribution in [0.5, 0.6) is 0 Å². The van der Waals surface area contributed by atoms with E-state index in [0.29, 0.717) is 12.0 Å². The van der Waals surface area contributed by atoms with Crippen molar-refractivity contribution in [2.45, 2.75) is 77.7 Å². The van der Waals surface area contributed by atoms with Crippen molar-refractivity contribution in [3.8, 4) is 0 Å². The first-order chi connectivity index (χ1) is 9.88. The van der Waals surface area contributed by atoms with Gasteiger partial charge in [-0.3, -0.25) is 0 Å². The summed E-state index contributed by atoms with van der Waals surface area (Å²) in [5, 5.41) is 3.67. The second kappa shape index (κ2) is 6.96. The minimum absolute atomic E-state index is 0.248. The van der Waals surface area contributed by atoms with Crippen LogP contribution in [0.3, 0.4) is 0 Å². The summed E-state index contributed by atoms with van der Waals surface area (Å²) in [7, 11) is 0. The van der Waals surface area contributed by atoms with Gasteiger partial charge >= 0.3 is 0 Å². The average molecular weight is 287 g/mol. The summed E-state index contributed by atoms with van der Waals surface area (Å²) in [4.78, 5) is 0. The summed E-state index contributed by atoms with van der Waals surface area (Å²) >= 11 is 0. The summed E-state index contributed by atoms with van der Waals surface area (Å²) in [6, 6.07) is 10.0. The molecule has 0 aliphatic heterocycles. The van der Waals surface area contributed by atoms with Gasteiger partial charge in [0.1, 0.15) is 0 Å². The van der Waals surface area contributed by atoms with Crippen LogP contribution >= 0.6 is 0 Å². The molecule has 1 aliphatic carbocycles. The van der Waals surface area contributed by atoms with E-state index in [2.05, 4.69) is 64.2 Å². The molecular weight excluding hydrogens is 254 g/mol. The largest absolute Gasteiger partial charge is 0.314 e. The summed E-state index contributed by atoms with van der Waals surface area (Å²) in [5.74, 6) is 1.56. The van der Waals surface area contributed by atoms with Gasteiger partial charge in [0.2, 0.25) is 0 Å². The first-order valence-corrected chi connectivity index (χ1v) is 8.72. The van der Waals surface area contributed by atoms with E-state index in [9.17, 15) is 0 Å². The molecular formula is C20H33N. The lowest BCUT2D eigenvalue weighted by Crippen LogP contribution is -2.30. The van der Waals surface area contributed by atoms with Crippen molar-refractivity contribution in [3.63, 3.8) is 0 Å². The number of benzene rings is 1. The quantitative estimate of drug-likeness (QED) is 0.779. The Morgan fingerprint density at radius 3 is 2.10 bits per heavy atom. The topological polar surface area (TPSA) is 12.0 Å². The summed E-state index contributed by atoms with van der Waals surface area (Å²) in [6.07, 6.45) is 5.66. The van der Waals surface area contributed by atoms with Gasteiger partial charge in [0, 0.05) is 12.6 Å². The molecule has 1 saturated carbocycles. The van der Waals surface area contributed by atoms with Crippen LogP contribution in [0.25, 0.3) is 0 Å². The van der Waals surface area contributed by atoms with Crippen molar-refractivity contribution in [1.29, 1.82) is 0 Å². The monoisotopic (exact) mass is 287 g/mol. The molecule has 1 N–H and O–H groups in total. The fourth-order valence-electron chi connectivity index (χ4n) is 3.51. The lowest BCUT2D eigenvalue weighted by molar-refractivity contribution is 0.398. The SMILES string of the molecule is CC(C)NCC(c1ccc(C(C)(C)C)cc1)C1CCCC1. The van der Waals surface area contributed by atoms with Gasteiger partial charge < -0.3 is 5.32 Å². The Balaban J connectivity index is 2.15. The third-order valence-electron chi connectivity index (χ3n) is 4.92. The van der Waals surface area contributed by atoms with Crippen LogP contribution in [-0.4, -0.2) is 12.6 Å². The first kappa shape index (κ1) is 16.5. The highest BCUT2D eigenvalue weighted by molar-refractivity contribution is 5.30. The van der Waals surface area contributed by atoms with Crippen molar-refractivity contribution >= 4 is 0 Å². The van der Waals surface area contributed by atoms with Crippen LogP contribution in [-0.2, 0) is 5.41 Å².